The lowest BCUT2D eigenvalue weighted by molar-refractivity contribution is -0.142. The third-order valence-electron chi connectivity index (χ3n) is 5.68. The van der Waals surface area contributed by atoms with E-state index in [4.69, 9.17) is 11.6 Å². The number of hydrogen-bond donors (Lipinski definition) is 1. The molecule has 0 fully saturated rings. The number of rotatable bonds is 4. The maximum absolute atomic E-state index is 14.7. The summed E-state index contributed by atoms with van der Waals surface area (Å²) in [6, 6.07) is 4.89. The Balaban J connectivity index is 2.22. The molecule has 2 atom stereocenters. The fourth-order valence-electron chi connectivity index (χ4n) is 3.92. The summed E-state index contributed by atoms with van der Waals surface area (Å²) in [5, 5.41) is 10.2. The summed E-state index contributed by atoms with van der Waals surface area (Å²) >= 11 is 5.95. The minimum Gasteiger partial charge on any atom is -0.480 e. The molecule has 0 spiro atoms. The predicted octanol–water partition coefficient (Wildman–Crippen LogP) is 3.39. The predicted molar refractivity (Wildman–Crippen MR) is 113 cm³/mol. The molecule has 1 N–H and O–H groups in total. The molecule has 3 rings (SSSR count). The number of carboxylic acids is 1. The number of halogens is 2. The van der Waals surface area contributed by atoms with Gasteiger partial charge < -0.3 is 10.0 Å². The van der Waals surface area contributed by atoms with E-state index in [9.17, 15) is 27.5 Å². The molecule has 166 valence electrons. The highest BCUT2D eigenvalue weighted by Crippen LogP contribution is 2.35. The van der Waals surface area contributed by atoms with Crippen LogP contribution in [0.15, 0.2) is 35.2 Å². The minimum atomic E-state index is -4.43. The second-order valence-electron chi connectivity index (χ2n) is 7.65. The Kier molecular flexibility index (Phi) is 6.14. The van der Waals surface area contributed by atoms with Gasteiger partial charge in [0.1, 0.15) is 11.9 Å². The molecule has 1 amide bonds. The molecule has 31 heavy (non-hydrogen) atoms. The van der Waals surface area contributed by atoms with Crippen LogP contribution < -0.4 is 0 Å². The Labute approximate surface area is 185 Å². The third kappa shape index (κ3) is 3.93. The van der Waals surface area contributed by atoms with Crippen LogP contribution in [0.2, 0.25) is 5.02 Å². The van der Waals surface area contributed by atoms with E-state index in [0.29, 0.717) is 5.56 Å². The van der Waals surface area contributed by atoms with Crippen LogP contribution >= 0.6 is 11.6 Å². The van der Waals surface area contributed by atoms with Gasteiger partial charge in [0.15, 0.2) is 0 Å². The lowest BCUT2D eigenvalue weighted by atomic mass is 9.87. The number of amides is 1. The van der Waals surface area contributed by atoms with Crippen molar-refractivity contribution < 1.29 is 27.5 Å². The zero-order valence-electron chi connectivity index (χ0n) is 17.4. The highest BCUT2D eigenvalue weighted by molar-refractivity contribution is 7.89. The number of fused-ring (bicyclic) bond motifs is 1. The summed E-state index contributed by atoms with van der Waals surface area (Å²) in [6.45, 7) is 4.37. The van der Waals surface area contributed by atoms with Crippen LogP contribution in [0, 0.1) is 19.7 Å². The zero-order chi connectivity index (χ0) is 23.2. The van der Waals surface area contributed by atoms with Crippen molar-refractivity contribution in [2.45, 2.75) is 37.6 Å². The number of aliphatic carboxylic acids is 1. The number of aryl methyl sites for hydroxylation is 1. The molecule has 2 aromatic carbocycles. The topological polar surface area (TPSA) is 95.0 Å². The zero-order valence-corrected chi connectivity index (χ0v) is 19.0. The number of hydrogen-bond acceptors (Lipinski definition) is 4. The first-order valence-electron chi connectivity index (χ1n) is 9.43. The smallest absolute Gasteiger partial charge is 0.322 e. The van der Waals surface area contributed by atoms with Gasteiger partial charge in [-0.05, 0) is 54.8 Å². The Morgan fingerprint density at radius 3 is 2.48 bits per heavy atom. The first kappa shape index (κ1) is 23.2. The monoisotopic (exact) mass is 468 g/mol. The summed E-state index contributed by atoms with van der Waals surface area (Å²) in [6.07, 6.45) is 0. The third-order valence-corrected chi connectivity index (χ3v) is 7.79. The van der Waals surface area contributed by atoms with Crippen molar-refractivity contribution in [2.75, 3.05) is 13.7 Å². The second kappa shape index (κ2) is 8.22. The van der Waals surface area contributed by atoms with E-state index in [-0.39, 0.29) is 21.0 Å². The lowest BCUT2D eigenvalue weighted by Crippen LogP contribution is -2.51. The summed E-state index contributed by atoms with van der Waals surface area (Å²) in [7, 11) is -3.06. The highest BCUT2D eigenvalue weighted by atomic mass is 35.5. The molecular weight excluding hydrogens is 447 g/mol. The van der Waals surface area contributed by atoms with E-state index in [1.807, 2.05) is 0 Å². The van der Waals surface area contributed by atoms with E-state index in [1.54, 1.807) is 19.9 Å². The van der Waals surface area contributed by atoms with E-state index in [2.05, 4.69) is 0 Å². The second-order valence-corrected chi connectivity index (χ2v) is 9.95. The van der Waals surface area contributed by atoms with Crippen molar-refractivity contribution in [1.29, 1.82) is 0 Å². The molecule has 0 bridgehead atoms. The van der Waals surface area contributed by atoms with Crippen molar-refractivity contribution >= 4 is 33.5 Å². The Morgan fingerprint density at radius 2 is 1.87 bits per heavy atom. The molecule has 0 saturated heterocycles. The number of carbonyl (C=O) groups is 2. The fourth-order valence-corrected chi connectivity index (χ4v) is 5.91. The van der Waals surface area contributed by atoms with Crippen LogP contribution in [0.3, 0.4) is 0 Å². The van der Waals surface area contributed by atoms with Gasteiger partial charge in [-0.3, -0.25) is 9.59 Å². The molecule has 0 aromatic heterocycles. The van der Waals surface area contributed by atoms with Crippen LogP contribution in [0.25, 0.3) is 0 Å². The summed E-state index contributed by atoms with van der Waals surface area (Å²) < 4.78 is 42.4. The van der Waals surface area contributed by atoms with Gasteiger partial charge in [0.25, 0.3) is 5.91 Å². The van der Waals surface area contributed by atoms with Gasteiger partial charge in [0.2, 0.25) is 10.0 Å². The number of carbonyl (C=O) groups excluding carboxylic acids is 1. The molecule has 7 nitrogen and oxygen atoms in total. The molecular formula is C21H22ClFN2O5S. The van der Waals surface area contributed by atoms with Gasteiger partial charge in [-0.1, -0.05) is 24.6 Å². The molecule has 1 aliphatic rings. The average Bonchev–Trinajstić information content (AvgIpc) is 2.75. The molecule has 2 aromatic rings. The Morgan fingerprint density at radius 1 is 1.23 bits per heavy atom. The van der Waals surface area contributed by atoms with Crippen LogP contribution in [-0.4, -0.2) is 54.4 Å². The molecule has 0 saturated carbocycles. The lowest BCUT2D eigenvalue weighted by Gasteiger charge is -2.33. The Hall–Kier alpha value is -2.49. The van der Waals surface area contributed by atoms with Gasteiger partial charge in [-0.25, -0.2) is 12.8 Å². The van der Waals surface area contributed by atoms with E-state index >= 15 is 0 Å². The van der Waals surface area contributed by atoms with E-state index in [0.717, 1.165) is 14.8 Å². The Bertz CT molecular complexity index is 1180. The molecule has 1 unspecified atom stereocenters. The van der Waals surface area contributed by atoms with Crippen LogP contribution in [-0.2, 0) is 14.8 Å². The molecule has 1 heterocycles. The van der Waals surface area contributed by atoms with E-state index < -0.39 is 46.3 Å². The van der Waals surface area contributed by atoms with Gasteiger partial charge in [-0.15, -0.1) is 0 Å². The van der Waals surface area contributed by atoms with Crippen LogP contribution in [0.4, 0.5) is 4.39 Å². The number of benzene rings is 2. The summed E-state index contributed by atoms with van der Waals surface area (Å²) in [4.78, 5) is 25.9. The quantitative estimate of drug-likeness (QED) is 0.742. The SMILES string of the molecule is Cc1ccc(F)c(C(C)[C@@H](C(=O)O)N2CN(C)C(=O)c3cc(Cl)ccc3S2(=O)=O)c1C. The normalized spacial score (nSPS) is 18.3. The van der Waals surface area contributed by atoms with Gasteiger partial charge in [0.05, 0.1) is 17.1 Å². The van der Waals surface area contributed by atoms with Crippen LogP contribution in [0.5, 0.6) is 0 Å². The fraction of sp³-hybridized carbons (Fsp3) is 0.333. The number of nitrogens with zero attached hydrogens (tertiary/aromatic N) is 2. The minimum absolute atomic E-state index is 0.122. The van der Waals surface area contributed by atoms with Crippen LogP contribution in [0.1, 0.15) is 39.9 Å². The standard InChI is InChI=1S/C21H22ClFN2O5S/c1-11-5-7-16(23)18(12(11)2)13(3)19(21(27)28)25-10-24(4)20(26)15-9-14(22)6-8-17(15)31(25,29)30/h5-9,13,19H,10H2,1-4H3,(H,27,28)/t13?,19-/m0/s1. The number of sulfonamides is 1. The first-order chi connectivity index (χ1) is 14.4. The van der Waals surface area contributed by atoms with Gasteiger partial charge in [-0.2, -0.15) is 4.31 Å². The first-order valence-corrected chi connectivity index (χ1v) is 11.2. The summed E-state index contributed by atoms with van der Waals surface area (Å²) in [5.41, 5.74) is 1.27. The van der Waals surface area contributed by atoms with Crippen molar-refractivity contribution in [2.24, 2.45) is 0 Å². The van der Waals surface area contributed by atoms with Crippen molar-refractivity contribution in [1.82, 2.24) is 9.21 Å². The maximum Gasteiger partial charge on any atom is 0.322 e. The highest BCUT2D eigenvalue weighted by Gasteiger charge is 2.45. The van der Waals surface area contributed by atoms with Crippen molar-refractivity contribution in [3.05, 3.63) is 63.4 Å². The van der Waals surface area contributed by atoms with E-state index in [1.165, 1.54) is 38.2 Å². The van der Waals surface area contributed by atoms with Crippen molar-refractivity contribution in [3.63, 3.8) is 0 Å². The van der Waals surface area contributed by atoms with Gasteiger partial charge in [0, 0.05) is 18.0 Å². The average molecular weight is 469 g/mol. The molecule has 1 aliphatic heterocycles. The number of carboxylic acid groups (broad SMARTS) is 1. The maximum atomic E-state index is 14.7. The molecule has 0 radical (unpaired) electrons. The summed E-state index contributed by atoms with van der Waals surface area (Å²) in [5.74, 6) is -3.72. The van der Waals surface area contributed by atoms with Crippen molar-refractivity contribution in [3.8, 4) is 0 Å². The molecule has 10 heteroatoms. The largest absolute Gasteiger partial charge is 0.480 e. The van der Waals surface area contributed by atoms with Gasteiger partial charge >= 0.3 is 5.97 Å². The molecule has 0 aliphatic carbocycles.